The van der Waals surface area contributed by atoms with Gasteiger partial charge in [0.05, 0.1) is 18.1 Å². The minimum Gasteiger partial charge on any atom is -0.493 e. The molecule has 206 valence electrons. The molecule has 3 saturated heterocycles. The van der Waals surface area contributed by atoms with Crippen LogP contribution >= 0.6 is 0 Å². The molecule has 4 aliphatic heterocycles. The van der Waals surface area contributed by atoms with Crippen molar-refractivity contribution in [1.29, 1.82) is 0 Å². The van der Waals surface area contributed by atoms with Gasteiger partial charge in [-0.05, 0) is 75.1 Å². The lowest BCUT2D eigenvalue weighted by Gasteiger charge is -2.66. The van der Waals surface area contributed by atoms with Gasteiger partial charge in [-0.25, -0.2) is 8.42 Å². The average molecular weight is 552 g/mol. The molecule has 0 N–H and O–H groups in total. The van der Waals surface area contributed by atoms with E-state index >= 15 is 0 Å². The summed E-state index contributed by atoms with van der Waals surface area (Å²) in [5.41, 5.74) is 1.79. The first kappa shape index (κ1) is 24.1. The van der Waals surface area contributed by atoms with Crippen LogP contribution in [0.5, 0.6) is 11.5 Å². The lowest BCUT2D eigenvalue weighted by molar-refractivity contribution is -0.387. The summed E-state index contributed by atoms with van der Waals surface area (Å²) in [5, 5.41) is 11.8. The van der Waals surface area contributed by atoms with Gasteiger partial charge in [-0.2, -0.15) is 4.31 Å². The molecule has 5 atom stereocenters. The molecule has 4 heterocycles. The molecule has 9 nitrogen and oxygen atoms in total. The number of piperidine rings is 1. The van der Waals surface area contributed by atoms with Gasteiger partial charge < -0.3 is 9.47 Å². The number of likely N-dealkylation sites (tertiary alicyclic amines) is 1. The highest BCUT2D eigenvalue weighted by atomic mass is 32.2. The normalized spacial score (nSPS) is 34.7. The molecule has 0 aromatic heterocycles. The van der Waals surface area contributed by atoms with Gasteiger partial charge in [0.1, 0.15) is 6.10 Å². The lowest BCUT2D eigenvalue weighted by atomic mass is 9.42. The third-order valence-electron chi connectivity index (χ3n) is 11.0. The maximum absolute atomic E-state index is 14.3. The Morgan fingerprint density at radius 3 is 2.69 bits per heavy atom. The second-order valence-corrected chi connectivity index (χ2v) is 14.3. The Morgan fingerprint density at radius 1 is 1.10 bits per heavy atom. The van der Waals surface area contributed by atoms with E-state index in [1.54, 1.807) is 17.5 Å². The van der Waals surface area contributed by atoms with Crippen LogP contribution in [0.3, 0.4) is 0 Å². The van der Waals surface area contributed by atoms with Crippen molar-refractivity contribution in [2.75, 3.05) is 26.7 Å². The Kier molecular flexibility index (Phi) is 4.92. The second-order valence-electron chi connectivity index (χ2n) is 12.4. The van der Waals surface area contributed by atoms with Gasteiger partial charge in [0.2, 0.25) is 10.0 Å². The highest BCUT2D eigenvalue weighted by molar-refractivity contribution is 7.89. The summed E-state index contributed by atoms with van der Waals surface area (Å²) in [5.74, 6) is 2.27. The average Bonchev–Trinajstić information content (AvgIpc) is 3.72. The predicted molar refractivity (Wildman–Crippen MR) is 143 cm³/mol. The molecule has 39 heavy (non-hydrogen) atoms. The summed E-state index contributed by atoms with van der Waals surface area (Å²) in [6.07, 6.45) is 6.48. The fourth-order valence-electron chi connectivity index (χ4n) is 9.36. The molecule has 9 rings (SSSR count). The molecule has 0 radical (unpaired) electrons. The maximum atomic E-state index is 14.3. The monoisotopic (exact) mass is 551 g/mol. The lowest BCUT2D eigenvalue weighted by Crippen LogP contribution is -2.72. The summed E-state index contributed by atoms with van der Waals surface area (Å²) in [6, 6.07) is 9.86. The van der Waals surface area contributed by atoms with E-state index in [0.717, 1.165) is 50.4 Å². The minimum atomic E-state index is -4.14. The van der Waals surface area contributed by atoms with Crippen LogP contribution in [0.2, 0.25) is 0 Å². The molecule has 3 aliphatic carbocycles. The quantitative estimate of drug-likeness (QED) is 0.397. The zero-order valence-electron chi connectivity index (χ0n) is 22.0. The van der Waals surface area contributed by atoms with Crippen LogP contribution < -0.4 is 9.47 Å². The number of hydrogen-bond donors (Lipinski definition) is 0. The molecule has 7 aliphatic rings. The number of para-hydroxylation sites is 1. The molecule has 4 bridgehead atoms. The standard InChI is InChI=1S/C29H33N3O6S/c1-37-22-9-8-19-16-24-28-11-10-21(31(15-12-28)39(35,36)23-5-3-2-4-20(23)32(33)34)27-29(28,25(19)26(22)38-27)13-14-30(24)17-18-6-7-18/h2-5,8-9,18,21,24,27H,6-7,10-17H2,1H3/t21-,24-,27+,28-,29+/m1/s1. The molecule has 5 fully saturated rings. The maximum Gasteiger partial charge on any atom is 0.289 e. The van der Waals surface area contributed by atoms with E-state index < -0.39 is 21.0 Å². The van der Waals surface area contributed by atoms with E-state index in [0.29, 0.717) is 24.8 Å². The number of hydrogen-bond acceptors (Lipinski definition) is 7. The Labute approximate surface area is 228 Å². The zero-order chi connectivity index (χ0) is 26.7. The second kappa shape index (κ2) is 7.95. The number of sulfonamides is 1. The molecule has 0 unspecified atom stereocenters. The van der Waals surface area contributed by atoms with Gasteiger partial charge in [-0.3, -0.25) is 15.0 Å². The van der Waals surface area contributed by atoms with Crippen molar-refractivity contribution in [3.8, 4) is 11.5 Å². The van der Waals surface area contributed by atoms with Crippen molar-refractivity contribution in [2.45, 2.75) is 73.4 Å². The number of ether oxygens (including phenoxy) is 2. The topological polar surface area (TPSA) is 102 Å². The number of benzene rings is 2. The van der Waals surface area contributed by atoms with Crippen LogP contribution in [-0.4, -0.2) is 67.5 Å². The third-order valence-corrected chi connectivity index (χ3v) is 13.0. The first-order valence-corrected chi connectivity index (χ1v) is 15.6. The summed E-state index contributed by atoms with van der Waals surface area (Å²) >= 11 is 0. The number of fused-ring (bicyclic) bond motifs is 3. The molecular formula is C29H33N3O6S. The molecule has 10 heteroatoms. The van der Waals surface area contributed by atoms with Gasteiger partial charge in [0, 0.05) is 41.6 Å². The Hall–Kier alpha value is -2.69. The predicted octanol–water partition coefficient (Wildman–Crippen LogP) is 3.89. The Morgan fingerprint density at radius 2 is 1.92 bits per heavy atom. The summed E-state index contributed by atoms with van der Waals surface area (Å²) < 4.78 is 42.8. The molecule has 2 spiro atoms. The van der Waals surface area contributed by atoms with Gasteiger partial charge in [0.25, 0.3) is 5.69 Å². The van der Waals surface area contributed by atoms with Gasteiger partial charge >= 0.3 is 0 Å². The summed E-state index contributed by atoms with van der Waals surface area (Å²) in [7, 11) is -2.48. The number of nitrogens with zero attached hydrogens (tertiary/aromatic N) is 3. The molecular weight excluding hydrogens is 518 g/mol. The van der Waals surface area contributed by atoms with Crippen molar-refractivity contribution < 1.29 is 22.8 Å². The molecule has 2 aromatic carbocycles. The smallest absolute Gasteiger partial charge is 0.289 e. The van der Waals surface area contributed by atoms with Crippen LogP contribution in [0.4, 0.5) is 5.69 Å². The minimum absolute atomic E-state index is 0.112. The van der Waals surface area contributed by atoms with Crippen molar-refractivity contribution in [3.05, 3.63) is 57.6 Å². The van der Waals surface area contributed by atoms with Crippen molar-refractivity contribution >= 4 is 15.7 Å². The summed E-state index contributed by atoms with van der Waals surface area (Å²) in [4.78, 5) is 13.7. The van der Waals surface area contributed by atoms with Crippen LogP contribution in [0.15, 0.2) is 41.3 Å². The van der Waals surface area contributed by atoms with E-state index in [1.165, 1.54) is 42.2 Å². The van der Waals surface area contributed by atoms with Gasteiger partial charge in [0.15, 0.2) is 16.4 Å². The van der Waals surface area contributed by atoms with Crippen LogP contribution in [0.25, 0.3) is 0 Å². The summed E-state index contributed by atoms with van der Waals surface area (Å²) in [6.45, 7) is 2.46. The van der Waals surface area contributed by atoms with E-state index in [4.69, 9.17) is 9.47 Å². The van der Waals surface area contributed by atoms with Crippen molar-refractivity contribution in [2.24, 2.45) is 11.3 Å². The number of methoxy groups -OCH3 is 1. The van der Waals surface area contributed by atoms with E-state index in [-0.39, 0.29) is 27.5 Å². The highest BCUT2D eigenvalue weighted by Gasteiger charge is 2.75. The first-order valence-electron chi connectivity index (χ1n) is 14.2. The van der Waals surface area contributed by atoms with Crippen molar-refractivity contribution in [1.82, 2.24) is 9.21 Å². The van der Waals surface area contributed by atoms with Gasteiger partial charge in [-0.15, -0.1) is 0 Å². The van der Waals surface area contributed by atoms with E-state index in [2.05, 4.69) is 11.0 Å². The van der Waals surface area contributed by atoms with E-state index in [9.17, 15) is 18.5 Å². The zero-order valence-corrected chi connectivity index (χ0v) is 22.9. The Bertz CT molecular complexity index is 1510. The SMILES string of the molecule is COc1ccc2c3c1O[C@H]1[C@H]4CC[C@@]5(CCN4S(=O)(=O)c4ccccc4[N+](=O)[O-])[C@@H](C2)N(CC2CC2)CC[C@]315. The Balaban J connectivity index is 1.31. The number of nitro benzene ring substituents is 1. The van der Waals surface area contributed by atoms with Crippen LogP contribution in [0.1, 0.15) is 49.7 Å². The molecule has 2 saturated carbocycles. The van der Waals surface area contributed by atoms with Crippen LogP contribution in [-0.2, 0) is 21.9 Å². The first-order chi connectivity index (χ1) is 18.8. The van der Waals surface area contributed by atoms with Gasteiger partial charge in [-0.1, -0.05) is 18.2 Å². The van der Waals surface area contributed by atoms with Crippen LogP contribution in [0, 0.1) is 21.4 Å². The van der Waals surface area contributed by atoms with Crippen molar-refractivity contribution in [3.63, 3.8) is 0 Å². The fraction of sp³-hybridized carbons (Fsp3) is 0.586. The number of nitro groups is 1. The largest absolute Gasteiger partial charge is 0.493 e. The van der Waals surface area contributed by atoms with E-state index in [1.807, 2.05) is 6.07 Å². The number of rotatable bonds is 6. The highest BCUT2D eigenvalue weighted by Crippen LogP contribution is 2.72. The molecule has 0 amide bonds. The fourth-order valence-corrected chi connectivity index (χ4v) is 11.2. The third kappa shape index (κ3) is 2.95. The molecule has 2 aromatic rings.